The molecule has 1 atom stereocenters. The molecule has 0 bridgehead atoms. The third kappa shape index (κ3) is 5.77. The van der Waals surface area contributed by atoms with E-state index in [-0.39, 0.29) is 6.04 Å². The van der Waals surface area contributed by atoms with Crippen molar-refractivity contribution in [1.82, 2.24) is 15.5 Å². The highest BCUT2D eigenvalue weighted by Crippen LogP contribution is 2.22. The van der Waals surface area contributed by atoms with Crippen molar-refractivity contribution in [3.05, 3.63) is 65.2 Å². The first-order valence-corrected chi connectivity index (χ1v) is 8.84. The van der Waals surface area contributed by atoms with Gasteiger partial charge in [0.15, 0.2) is 5.96 Å². The van der Waals surface area contributed by atoms with Crippen molar-refractivity contribution in [3.63, 3.8) is 0 Å². The Morgan fingerprint density at radius 3 is 2.46 bits per heavy atom. The van der Waals surface area contributed by atoms with Crippen LogP contribution in [0.25, 0.3) is 0 Å². The number of benzene rings is 2. The molecule has 0 heterocycles. The number of hydrogen-bond acceptors (Lipinski definition) is 3. The van der Waals surface area contributed by atoms with Crippen LogP contribution in [0, 0.1) is 6.92 Å². The Morgan fingerprint density at radius 2 is 1.85 bits per heavy atom. The lowest BCUT2D eigenvalue weighted by atomic mass is 10.1. The molecule has 0 aliphatic carbocycles. The topological polar surface area (TPSA) is 48.9 Å². The van der Waals surface area contributed by atoms with Crippen molar-refractivity contribution in [2.45, 2.75) is 19.5 Å². The van der Waals surface area contributed by atoms with Crippen molar-refractivity contribution in [1.29, 1.82) is 0 Å². The van der Waals surface area contributed by atoms with E-state index in [9.17, 15) is 0 Å². The van der Waals surface area contributed by atoms with Gasteiger partial charge in [-0.25, -0.2) is 0 Å². The van der Waals surface area contributed by atoms with Crippen molar-refractivity contribution in [2.24, 2.45) is 4.99 Å². The molecule has 5 nitrogen and oxygen atoms in total. The number of rotatable bonds is 7. The molecule has 2 N–H and O–H groups in total. The van der Waals surface area contributed by atoms with Gasteiger partial charge in [-0.1, -0.05) is 42.0 Å². The molecule has 26 heavy (non-hydrogen) atoms. The van der Waals surface area contributed by atoms with E-state index in [1.165, 1.54) is 16.7 Å². The number of hydrogen-bond donors (Lipinski definition) is 2. The molecule has 2 aromatic rings. The molecule has 0 aromatic heterocycles. The maximum Gasteiger partial charge on any atom is 0.191 e. The Balaban J connectivity index is 1.96. The van der Waals surface area contributed by atoms with Crippen LogP contribution in [0.5, 0.6) is 5.75 Å². The predicted molar refractivity (Wildman–Crippen MR) is 109 cm³/mol. The Labute approximate surface area is 157 Å². The molecule has 2 rings (SSSR count). The molecule has 1 unspecified atom stereocenters. The van der Waals surface area contributed by atoms with Gasteiger partial charge in [0, 0.05) is 20.1 Å². The van der Waals surface area contributed by atoms with Crippen LogP contribution in [-0.4, -0.2) is 45.7 Å². The van der Waals surface area contributed by atoms with Crippen LogP contribution in [-0.2, 0) is 6.54 Å². The van der Waals surface area contributed by atoms with E-state index < -0.39 is 0 Å². The maximum absolute atomic E-state index is 5.35. The van der Waals surface area contributed by atoms with Gasteiger partial charge < -0.3 is 20.3 Å². The fourth-order valence-electron chi connectivity index (χ4n) is 2.75. The monoisotopic (exact) mass is 354 g/mol. The summed E-state index contributed by atoms with van der Waals surface area (Å²) in [6, 6.07) is 16.9. The summed E-state index contributed by atoms with van der Waals surface area (Å²) in [7, 11) is 7.64. The zero-order chi connectivity index (χ0) is 18.9. The summed E-state index contributed by atoms with van der Waals surface area (Å²) in [5.41, 5.74) is 3.70. The molecule has 0 aliphatic rings. The molecule has 2 aromatic carbocycles. The molecular weight excluding hydrogens is 324 g/mol. The molecule has 0 spiro atoms. The van der Waals surface area contributed by atoms with Gasteiger partial charge in [-0.2, -0.15) is 0 Å². The second kappa shape index (κ2) is 9.82. The van der Waals surface area contributed by atoms with Gasteiger partial charge in [0.05, 0.1) is 13.2 Å². The number of aryl methyl sites for hydroxylation is 1. The molecule has 0 radical (unpaired) electrons. The first kappa shape index (κ1) is 19.8. The summed E-state index contributed by atoms with van der Waals surface area (Å²) in [6.45, 7) is 3.58. The van der Waals surface area contributed by atoms with Gasteiger partial charge in [0.1, 0.15) is 5.75 Å². The molecular formula is C21H30N4O. The molecule has 140 valence electrons. The van der Waals surface area contributed by atoms with Gasteiger partial charge in [-0.3, -0.25) is 4.99 Å². The zero-order valence-corrected chi connectivity index (χ0v) is 16.4. The van der Waals surface area contributed by atoms with Gasteiger partial charge in [0.2, 0.25) is 0 Å². The summed E-state index contributed by atoms with van der Waals surface area (Å²) in [4.78, 5) is 6.52. The summed E-state index contributed by atoms with van der Waals surface area (Å²) in [5.74, 6) is 1.66. The molecule has 0 saturated carbocycles. The SMILES string of the molecule is CN=C(NCc1ccc(C)cc1)NCC(c1cccc(OC)c1)N(C)C. The van der Waals surface area contributed by atoms with Crippen LogP contribution < -0.4 is 15.4 Å². The van der Waals surface area contributed by atoms with Crippen LogP contribution >= 0.6 is 0 Å². The van der Waals surface area contributed by atoms with Gasteiger partial charge >= 0.3 is 0 Å². The summed E-state index contributed by atoms with van der Waals surface area (Å²) in [6.07, 6.45) is 0. The normalized spacial score (nSPS) is 12.8. The second-order valence-electron chi connectivity index (χ2n) is 6.55. The van der Waals surface area contributed by atoms with Crippen LogP contribution in [0.2, 0.25) is 0 Å². The van der Waals surface area contributed by atoms with E-state index in [0.717, 1.165) is 24.8 Å². The minimum atomic E-state index is 0.211. The summed E-state index contributed by atoms with van der Waals surface area (Å²) >= 11 is 0. The lowest BCUT2D eigenvalue weighted by Crippen LogP contribution is -2.41. The molecule has 0 saturated heterocycles. The van der Waals surface area contributed by atoms with Crippen LogP contribution in [0.3, 0.4) is 0 Å². The summed E-state index contributed by atoms with van der Waals surface area (Å²) in [5, 5.41) is 6.79. The smallest absolute Gasteiger partial charge is 0.191 e. The lowest BCUT2D eigenvalue weighted by Gasteiger charge is -2.26. The van der Waals surface area contributed by atoms with E-state index >= 15 is 0 Å². The Hall–Kier alpha value is -2.53. The number of methoxy groups -OCH3 is 1. The minimum absolute atomic E-state index is 0.211. The van der Waals surface area contributed by atoms with Crippen LogP contribution in [0.1, 0.15) is 22.7 Å². The molecule has 0 fully saturated rings. The van der Waals surface area contributed by atoms with E-state index in [1.807, 2.05) is 12.1 Å². The minimum Gasteiger partial charge on any atom is -0.497 e. The highest BCUT2D eigenvalue weighted by molar-refractivity contribution is 5.79. The molecule has 0 amide bonds. The number of nitrogens with one attached hydrogen (secondary N) is 2. The number of aliphatic imine (C=N–C) groups is 1. The number of guanidine groups is 1. The van der Waals surface area contributed by atoms with Gasteiger partial charge in [-0.05, 0) is 44.3 Å². The van der Waals surface area contributed by atoms with Gasteiger partial charge in [-0.15, -0.1) is 0 Å². The van der Waals surface area contributed by atoms with E-state index in [4.69, 9.17) is 4.74 Å². The Kier molecular flexibility index (Phi) is 7.48. The Morgan fingerprint density at radius 1 is 1.12 bits per heavy atom. The standard InChI is InChI=1S/C21H30N4O/c1-16-9-11-17(12-10-16)14-23-21(22-2)24-15-20(25(3)4)18-7-6-8-19(13-18)26-5/h6-13,20H,14-15H2,1-5H3,(H2,22,23,24). The summed E-state index contributed by atoms with van der Waals surface area (Å²) < 4.78 is 5.35. The fourth-order valence-corrected chi connectivity index (χ4v) is 2.75. The van der Waals surface area contributed by atoms with Crippen molar-refractivity contribution >= 4 is 5.96 Å². The quantitative estimate of drug-likeness (QED) is 0.593. The average Bonchev–Trinajstić information content (AvgIpc) is 2.65. The average molecular weight is 354 g/mol. The highest BCUT2D eigenvalue weighted by Gasteiger charge is 2.15. The van der Waals surface area contributed by atoms with Crippen molar-refractivity contribution in [3.8, 4) is 5.75 Å². The first-order chi connectivity index (χ1) is 12.5. The van der Waals surface area contributed by atoms with E-state index in [1.54, 1.807) is 14.2 Å². The zero-order valence-electron chi connectivity index (χ0n) is 16.4. The van der Waals surface area contributed by atoms with Crippen LogP contribution in [0.15, 0.2) is 53.5 Å². The largest absolute Gasteiger partial charge is 0.497 e. The first-order valence-electron chi connectivity index (χ1n) is 8.84. The lowest BCUT2D eigenvalue weighted by molar-refractivity contribution is 0.297. The number of likely N-dealkylation sites (N-methyl/N-ethyl adjacent to an activating group) is 1. The fraction of sp³-hybridized carbons (Fsp3) is 0.381. The van der Waals surface area contributed by atoms with Crippen LogP contribution in [0.4, 0.5) is 0 Å². The number of nitrogens with zero attached hydrogens (tertiary/aromatic N) is 2. The third-order valence-electron chi connectivity index (χ3n) is 4.37. The van der Waals surface area contributed by atoms with E-state index in [0.29, 0.717) is 0 Å². The van der Waals surface area contributed by atoms with Gasteiger partial charge in [0.25, 0.3) is 0 Å². The third-order valence-corrected chi connectivity index (χ3v) is 4.37. The molecule has 5 heteroatoms. The van der Waals surface area contributed by atoms with Crippen molar-refractivity contribution in [2.75, 3.05) is 34.8 Å². The number of ether oxygens (including phenoxy) is 1. The Bertz CT molecular complexity index is 710. The van der Waals surface area contributed by atoms with Crippen molar-refractivity contribution < 1.29 is 4.74 Å². The molecule has 0 aliphatic heterocycles. The second-order valence-corrected chi connectivity index (χ2v) is 6.55. The highest BCUT2D eigenvalue weighted by atomic mass is 16.5. The van der Waals surface area contributed by atoms with E-state index in [2.05, 4.69) is 77.9 Å². The predicted octanol–water partition coefficient (Wildman–Crippen LogP) is 2.97. The maximum atomic E-state index is 5.35.